The predicted octanol–water partition coefficient (Wildman–Crippen LogP) is 1.40. The van der Waals surface area contributed by atoms with Gasteiger partial charge >= 0.3 is 0 Å². The second-order valence-corrected chi connectivity index (χ2v) is 4.75. The first-order chi connectivity index (χ1) is 10.2. The van der Waals surface area contributed by atoms with Gasteiger partial charge in [0.15, 0.2) is 5.96 Å². The van der Waals surface area contributed by atoms with Crippen LogP contribution in [0.2, 0.25) is 0 Å². The highest BCUT2D eigenvalue weighted by atomic mass is 16.5. The number of nitrogens with zero attached hydrogens (tertiary/aromatic N) is 3. The number of aryl methyl sites for hydroxylation is 1. The Hall–Kier alpha value is -2.08. The van der Waals surface area contributed by atoms with Crippen LogP contribution in [0.3, 0.4) is 0 Å². The number of ether oxygens (including phenoxy) is 1. The Morgan fingerprint density at radius 1 is 1.43 bits per heavy atom. The zero-order valence-corrected chi connectivity index (χ0v) is 12.7. The molecule has 1 aromatic heterocycles. The number of hydrogen-bond donors (Lipinski definition) is 2. The molecule has 0 saturated carbocycles. The third-order valence-electron chi connectivity index (χ3n) is 3.25. The molecule has 1 heterocycles. The molecule has 0 bridgehead atoms. The summed E-state index contributed by atoms with van der Waals surface area (Å²) in [6, 6.07) is 8.03. The highest BCUT2D eigenvalue weighted by Gasteiger charge is 2.06. The molecule has 2 rings (SSSR count). The SMILES string of the molecule is CCOCCCNC(N)=NCc1nc2ccccc2n1C. The average Bonchev–Trinajstić information content (AvgIpc) is 2.82. The summed E-state index contributed by atoms with van der Waals surface area (Å²) in [4.78, 5) is 8.89. The van der Waals surface area contributed by atoms with Gasteiger partial charge in [0.25, 0.3) is 0 Å². The molecule has 0 amide bonds. The Morgan fingerprint density at radius 2 is 2.24 bits per heavy atom. The number of nitrogens with two attached hydrogens (primary N) is 1. The summed E-state index contributed by atoms with van der Waals surface area (Å²) in [5.74, 6) is 1.34. The van der Waals surface area contributed by atoms with Crippen LogP contribution in [0.4, 0.5) is 0 Å². The Labute approximate surface area is 125 Å². The number of hydrogen-bond acceptors (Lipinski definition) is 3. The van der Waals surface area contributed by atoms with Crippen molar-refractivity contribution >= 4 is 17.0 Å². The van der Waals surface area contributed by atoms with E-state index in [0.29, 0.717) is 12.5 Å². The fourth-order valence-electron chi connectivity index (χ4n) is 2.08. The molecule has 0 saturated heterocycles. The van der Waals surface area contributed by atoms with E-state index in [1.807, 2.05) is 42.8 Å². The van der Waals surface area contributed by atoms with Crippen LogP contribution in [0, 0.1) is 0 Å². The van der Waals surface area contributed by atoms with Crippen LogP contribution < -0.4 is 11.1 Å². The number of aliphatic imine (C=N–C) groups is 1. The Bertz CT molecular complexity index is 605. The minimum absolute atomic E-state index is 0.443. The maximum Gasteiger partial charge on any atom is 0.189 e. The van der Waals surface area contributed by atoms with Crippen molar-refractivity contribution in [3.05, 3.63) is 30.1 Å². The van der Waals surface area contributed by atoms with Crippen LogP contribution in [0.25, 0.3) is 11.0 Å². The molecule has 1 aromatic carbocycles. The molecule has 6 heteroatoms. The zero-order chi connectivity index (χ0) is 15.1. The number of rotatable bonds is 7. The lowest BCUT2D eigenvalue weighted by atomic mass is 10.3. The topological polar surface area (TPSA) is 77.5 Å². The highest BCUT2D eigenvalue weighted by molar-refractivity contribution is 5.78. The van der Waals surface area contributed by atoms with Gasteiger partial charge in [0.2, 0.25) is 0 Å². The normalized spacial score (nSPS) is 12.0. The van der Waals surface area contributed by atoms with Gasteiger partial charge in [-0.1, -0.05) is 12.1 Å². The summed E-state index contributed by atoms with van der Waals surface area (Å²) >= 11 is 0. The predicted molar refractivity (Wildman–Crippen MR) is 85.2 cm³/mol. The summed E-state index contributed by atoms with van der Waals surface area (Å²) in [5.41, 5.74) is 7.92. The van der Waals surface area contributed by atoms with E-state index in [0.717, 1.165) is 43.0 Å². The molecule has 6 nitrogen and oxygen atoms in total. The Morgan fingerprint density at radius 3 is 3.00 bits per heavy atom. The van der Waals surface area contributed by atoms with E-state index < -0.39 is 0 Å². The smallest absolute Gasteiger partial charge is 0.189 e. The van der Waals surface area contributed by atoms with Gasteiger partial charge in [0.05, 0.1) is 11.0 Å². The number of para-hydroxylation sites is 2. The third-order valence-corrected chi connectivity index (χ3v) is 3.25. The lowest BCUT2D eigenvalue weighted by Gasteiger charge is -2.05. The first-order valence-corrected chi connectivity index (χ1v) is 7.24. The molecule has 114 valence electrons. The van der Waals surface area contributed by atoms with Crippen LogP contribution in [0.1, 0.15) is 19.2 Å². The quantitative estimate of drug-likeness (QED) is 0.459. The van der Waals surface area contributed by atoms with Gasteiger partial charge in [-0.2, -0.15) is 0 Å². The summed E-state index contributed by atoms with van der Waals surface area (Å²) < 4.78 is 7.30. The van der Waals surface area contributed by atoms with E-state index >= 15 is 0 Å². The Balaban J connectivity index is 1.88. The zero-order valence-electron chi connectivity index (χ0n) is 12.7. The van der Waals surface area contributed by atoms with Crippen LogP contribution in [0.5, 0.6) is 0 Å². The first kappa shape index (κ1) is 15.3. The Kier molecular flexibility index (Phi) is 5.57. The molecule has 3 N–H and O–H groups in total. The van der Waals surface area contributed by atoms with E-state index in [1.54, 1.807) is 0 Å². The number of nitrogens with one attached hydrogen (secondary N) is 1. The van der Waals surface area contributed by atoms with E-state index in [4.69, 9.17) is 10.5 Å². The maximum absolute atomic E-state index is 5.84. The third kappa shape index (κ3) is 4.19. The molecule has 0 aliphatic heterocycles. The molecule has 0 unspecified atom stereocenters. The molecular weight excluding hydrogens is 266 g/mol. The molecule has 0 aliphatic carbocycles. The largest absolute Gasteiger partial charge is 0.382 e. The molecular formula is C15H23N5O. The van der Waals surface area contributed by atoms with Crippen molar-refractivity contribution in [2.75, 3.05) is 19.8 Å². The van der Waals surface area contributed by atoms with E-state index in [-0.39, 0.29) is 0 Å². The van der Waals surface area contributed by atoms with Crippen molar-refractivity contribution in [2.45, 2.75) is 19.9 Å². The molecule has 0 radical (unpaired) electrons. The molecule has 0 fully saturated rings. The van der Waals surface area contributed by atoms with E-state index in [1.165, 1.54) is 0 Å². The second kappa shape index (κ2) is 7.64. The second-order valence-electron chi connectivity index (χ2n) is 4.75. The van der Waals surface area contributed by atoms with Gasteiger partial charge in [-0.05, 0) is 25.5 Å². The van der Waals surface area contributed by atoms with Crippen molar-refractivity contribution in [3.8, 4) is 0 Å². The fraction of sp³-hybridized carbons (Fsp3) is 0.467. The van der Waals surface area contributed by atoms with Gasteiger partial charge in [-0.3, -0.25) is 0 Å². The van der Waals surface area contributed by atoms with Crippen LogP contribution >= 0.6 is 0 Å². The standard InChI is InChI=1S/C15H23N5O/c1-3-21-10-6-9-17-15(16)18-11-14-19-12-7-4-5-8-13(12)20(14)2/h4-5,7-8H,3,6,9-11H2,1-2H3,(H3,16,17,18). The maximum atomic E-state index is 5.84. The van der Waals surface area contributed by atoms with Crippen LogP contribution in [-0.4, -0.2) is 35.3 Å². The minimum Gasteiger partial charge on any atom is -0.382 e. The molecule has 0 atom stereocenters. The first-order valence-electron chi connectivity index (χ1n) is 7.24. The summed E-state index contributed by atoms with van der Waals surface area (Å²) in [6.07, 6.45) is 0.913. The molecule has 0 spiro atoms. The molecule has 0 aliphatic rings. The number of benzene rings is 1. The van der Waals surface area contributed by atoms with Crippen molar-refractivity contribution in [3.63, 3.8) is 0 Å². The summed E-state index contributed by atoms with van der Waals surface area (Å²) in [5, 5.41) is 3.08. The van der Waals surface area contributed by atoms with Crippen molar-refractivity contribution in [1.82, 2.24) is 14.9 Å². The molecule has 2 aromatic rings. The van der Waals surface area contributed by atoms with Crippen molar-refractivity contribution < 1.29 is 4.74 Å². The minimum atomic E-state index is 0.443. The summed E-state index contributed by atoms with van der Waals surface area (Å²) in [7, 11) is 1.99. The van der Waals surface area contributed by atoms with E-state index in [2.05, 4.69) is 15.3 Å². The number of aromatic nitrogens is 2. The van der Waals surface area contributed by atoms with Crippen LogP contribution in [-0.2, 0) is 18.3 Å². The number of imidazole rings is 1. The van der Waals surface area contributed by atoms with Crippen molar-refractivity contribution in [2.24, 2.45) is 17.8 Å². The molecule has 21 heavy (non-hydrogen) atoms. The van der Waals surface area contributed by atoms with Gasteiger partial charge < -0.3 is 20.4 Å². The van der Waals surface area contributed by atoms with Crippen molar-refractivity contribution in [1.29, 1.82) is 0 Å². The van der Waals surface area contributed by atoms with E-state index in [9.17, 15) is 0 Å². The fourth-order valence-corrected chi connectivity index (χ4v) is 2.08. The van der Waals surface area contributed by atoms with Gasteiger partial charge in [0.1, 0.15) is 12.4 Å². The van der Waals surface area contributed by atoms with Gasteiger partial charge in [-0.15, -0.1) is 0 Å². The summed E-state index contributed by atoms with van der Waals surface area (Å²) in [6.45, 7) is 4.70. The highest BCUT2D eigenvalue weighted by Crippen LogP contribution is 2.14. The lowest BCUT2D eigenvalue weighted by molar-refractivity contribution is 0.145. The van der Waals surface area contributed by atoms with Gasteiger partial charge in [0, 0.05) is 26.8 Å². The monoisotopic (exact) mass is 289 g/mol. The number of guanidine groups is 1. The van der Waals surface area contributed by atoms with Crippen LogP contribution in [0.15, 0.2) is 29.3 Å². The average molecular weight is 289 g/mol. The number of fused-ring (bicyclic) bond motifs is 1. The van der Waals surface area contributed by atoms with Gasteiger partial charge in [-0.25, -0.2) is 9.98 Å². The lowest BCUT2D eigenvalue weighted by Crippen LogP contribution is -2.33.